The average Bonchev–Trinajstić information content (AvgIpc) is 2.61. The maximum absolute atomic E-state index is 12.9. The quantitative estimate of drug-likeness (QED) is 0.915. The Morgan fingerprint density at radius 1 is 1.20 bits per heavy atom. The highest BCUT2D eigenvalue weighted by molar-refractivity contribution is 5.85. The molecule has 6 heteroatoms. The number of piperidine rings is 1. The van der Waals surface area contributed by atoms with Gasteiger partial charge in [-0.3, -0.25) is 9.59 Å². The molecule has 1 N–H and O–H groups in total. The first-order chi connectivity index (χ1) is 12.0. The van der Waals surface area contributed by atoms with Gasteiger partial charge in [-0.25, -0.2) is 4.79 Å². The number of carbonyl (C=O) groups is 3. The molecule has 1 aromatic carbocycles. The molecule has 2 amide bonds. The van der Waals surface area contributed by atoms with Gasteiger partial charge in [0.15, 0.2) is 0 Å². The maximum atomic E-state index is 12.9. The molecule has 2 heterocycles. The third-order valence-electron chi connectivity index (χ3n) is 4.95. The van der Waals surface area contributed by atoms with Crippen LogP contribution in [0.15, 0.2) is 30.5 Å². The number of aliphatic carboxylic acids is 1. The van der Waals surface area contributed by atoms with E-state index >= 15 is 0 Å². The van der Waals surface area contributed by atoms with Gasteiger partial charge in [-0.15, -0.1) is 0 Å². The van der Waals surface area contributed by atoms with E-state index in [1.165, 1.54) is 11.8 Å². The lowest BCUT2D eigenvalue weighted by Gasteiger charge is -2.37. The van der Waals surface area contributed by atoms with Gasteiger partial charge in [-0.2, -0.15) is 0 Å². The molecule has 0 unspecified atom stereocenters. The SMILES string of the molecule is CC(=O)N1C=Cc2ccccc2[C@H]1CC(=O)N1CCCC[C@@H]1C(=O)O. The molecular formula is C19H22N2O4. The summed E-state index contributed by atoms with van der Waals surface area (Å²) in [5.41, 5.74) is 1.89. The summed E-state index contributed by atoms with van der Waals surface area (Å²) in [6.07, 6.45) is 5.76. The van der Waals surface area contributed by atoms with Crippen LogP contribution >= 0.6 is 0 Å². The van der Waals surface area contributed by atoms with Crippen molar-refractivity contribution < 1.29 is 19.5 Å². The van der Waals surface area contributed by atoms with Crippen LogP contribution in [0.5, 0.6) is 0 Å². The van der Waals surface area contributed by atoms with Gasteiger partial charge in [0.05, 0.1) is 12.5 Å². The van der Waals surface area contributed by atoms with Crippen LogP contribution in [0.4, 0.5) is 0 Å². The standard InChI is InChI=1S/C19H22N2O4/c1-13(22)20-11-9-14-6-2-3-7-15(14)17(20)12-18(23)21-10-5-4-8-16(21)19(24)25/h2-3,6-7,9,11,16-17H,4-5,8,10,12H2,1H3,(H,24,25)/t16-,17-/m1/s1. The summed E-state index contributed by atoms with van der Waals surface area (Å²) < 4.78 is 0. The molecule has 2 aliphatic heterocycles. The summed E-state index contributed by atoms with van der Waals surface area (Å²) in [6.45, 7) is 1.93. The second kappa shape index (κ2) is 7.09. The fourth-order valence-electron chi connectivity index (χ4n) is 3.68. The number of carboxylic acid groups (broad SMARTS) is 1. The van der Waals surface area contributed by atoms with Crippen LogP contribution in [0.2, 0.25) is 0 Å². The zero-order valence-corrected chi connectivity index (χ0v) is 14.2. The van der Waals surface area contributed by atoms with Crippen LogP contribution in [0.3, 0.4) is 0 Å². The molecule has 0 bridgehead atoms. The second-order valence-electron chi connectivity index (χ2n) is 6.53. The van der Waals surface area contributed by atoms with Crippen LogP contribution in [-0.4, -0.2) is 45.3 Å². The zero-order chi connectivity index (χ0) is 18.0. The van der Waals surface area contributed by atoms with Crippen molar-refractivity contribution in [3.8, 4) is 0 Å². The number of carbonyl (C=O) groups excluding carboxylic acids is 2. The lowest BCUT2D eigenvalue weighted by Crippen LogP contribution is -2.49. The molecule has 25 heavy (non-hydrogen) atoms. The summed E-state index contributed by atoms with van der Waals surface area (Å²) in [4.78, 5) is 39.3. The third kappa shape index (κ3) is 3.43. The van der Waals surface area contributed by atoms with E-state index in [0.29, 0.717) is 13.0 Å². The molecule has 0 aromatic heterocycles. The van der Waals surface area contributed by atoms with Gasteiger partial charge in [0.1, 0.15) is 6.04 Å². The summed E-state index contributed by atoms with van der Waals surface area (Å²) in [5.74, 6) is -1.31. The minimum absolute atomic E-state index is 0.0880. The van der Waals surface area contributed by atoms with Crippen LogP contribution in [0.25, 0.3) is 6.08 Å². The lowest BCUT2D eigenvalue weighted by atomic mass is 9.92. The number of nitrogens with zero attached hydrogens (tertiary/aromatic N) is 2. The van der Waals surface area contributed by atoms with Gasteiger partial charge in [-0.1, -0.05) is 24.3 Å². The van der Waals surface area contributed by atoms with Gasteiger partial charge in [-0.05, 0) is 36.5 Å². The number of likely N-dealkylation sites (tertiary alicyclic amines) is 1. The molecule has 6 nitrogen and oxygen atoms in total. The molecule has 2 aliphatic rings. The smallest absolute Gasteiger partial charge is 0.326 e. The van der Waals surface area contributed by atoms with Crippen molar-refractivity contribution in [1.29, 1.82) is 0 Å². The van der Waals surface area contributed by atoms with Crippen molar-refractivity contribution in [3.05, 3.63) is 41.6 Å². The van der Waals surface area contributed by atoms with Crippen molar-refractivity contribution >= 4 is 23.9 Å². The van der Waals surface area contributed by atoms with Crippen molar-refractivity contribution in [3.63, 3.8) is 0 Å². The van der Waals surface area contributed by atoms with E-state index in [1.54, 1.807) is 11.1 Å². The van der Waals surface area contributed by atoms with Crippen molar-refractivity contribution in [2.45, 2.75) is 44.7 Å². The van der Waals surface area contributed by atoms with Crippen molar-refractivity contribution in [2.75, 3.05) is 6.54 Å². The Morgan fingerprint density at radius 3 is 2.68 bits per heavy atom. The molecular weight excluding hydrogens is 320 g/mol. The van der Waals surface area contributed by atoms with Gasteiger partial charge >= 0.3 is 5.97 Å². The first-order valence-corrected chi connectivity index (χ1v) is 8.57. The van der Waals surface area contributed by atoms with Crippen molar-refractivity contribution in [1.82, 2.24) is 9.80 Å². The Morgan fingerprint density at radius 2 is 1.96 bits per heavy atom. The fourth-order valence-corrected chi connectivity index (χ4v) is 3.68. The summed E-state index contributed by atoms with van der Waals surface area (Å²) in [6, 6.07) is 6.49. The zero-order valence-electron chi connectivity index (χ0n) is 14.2. The first kappa shape index (κ1) is 17.2. The van der Waals surface area contributed by atoms with Gasteiger partial charge in [0.25, 0.3) is 0 Å². The van der Waals surface area contributed by atoms with E-state index < -0.39 is 18.1 Å². The molecule has 0 aliphatic carbocycles. The van der Waals surface area contributed by atoms with Gasteiger partial charge in [0, 0.05) is 19.7 Å². The van der Waals surface area contributed by atoms with E-state index in [2.05, 4.69) is 0 Å². The molecule has 1 aromatic rings. The summed E-state index contributed by atoms with van der Waals surface area (Å²) in [7, 11) is 0. The van der Waals surface area contributed by atoms with E-state index in [1.807, 2.05) is 30.3 Å². The Balaban J connectivity index is 1.86. The molecule has 3 rings (SSSR count). The molecule has 2 atom stereocenters. The monoisotopic (exact) mass is 342 g/mol. The Labute approximate surface area is 146 Å². The average molecular weight is 342 g/mol. The number of hydrogen-bond acceptors (Lipinski definition) is 3. The fraction of sp³-hybridized carbons (Fsp3) is 0.421. The molecule has 1 fully saturated rings. The highest BCUT2D eigenvalue weighted by atomic mass is 16.4. The minimum Gasteiger partial charge on any atom is -0.480 e. The second-order valence-corrected chi connectivity index (χ2v) is 6.53. The van der Waals surface area contributed by atoms with Crippen LogP contribution in [-0.2, 0) is 14.4 Å². The topological polar surface area (TPSA) is 77.9 Å². The Hall–Kier alpha value is -2.63. The Kier molecular flexibility index (Phi) is 4.88. The van der Waals surface area contributed by atoms with Crippen LogP contribution in [0.1, 0.15) is 49.8 Å². The minimum atomic E-state index is -0.958. The molecule has 0 radical (unpaired) electrons. The number of amides is 2. The van der Waals surface area contributed by atoms with E-state index in [-0.39, 0.29) is 18.2 Å². The highest BCUT2D eigenvalue weighted by Crippen LogP contribution is 2.34. The van der Waals surface area contributed by atoms with Gasteiger partial charge in [0.2, 0.25) is 11.8 Å². The van der Waals surface area contributed by atoms with Gasteiger partial charge < -0.3 is 14.9 Å². The maximum Gasteiger partial charge on any atom is 0.326 e. The lowest BCUT2D eigenvalue weighted by molar-refractivity contribution is -0.152. The van der Waals surface area contributed by atoms with E-state index in [0.717, 1.165) is 24.0 Å². The number of carboxylic acids is 1. The first-order valence-electron chi connectivity index (χ1n) is 8.57. The van der Waals surface area contributed by atoms with E-state index in [9.17, 15) is 19.5 Å². The third-order valence-corrected chi connectivity index (χ3v) is 4.95. The normalized spacial score (nSPS) is 22.4. The number of rotatable bonds is 3. The predicted octanol–water partition coefficient (Wildman–Crippen LogP) is 2.42. The van der Waals surface area contributed by atoms with Crippen LogP contribution in [0, 0.1) is 0 Å². The highest BCUT2D eigenvalue weighted by Gasteiger charge is 2.35. The summed E-state index contributed by atoms with van der Waals surface area (Å²) >= 11 is 0. The molecule has 0 saturated carbocycles. The molecule has 1 saturated heterocycles. The number of fused-ring (bicyclic) bond motifs is 1. The van der Waals surface area contributed by atoms with Crippen molar-refractivity contribution in [2.24, 2.45) is 0 Å². The number of hydrogen-bond donors (Lipinski definition) is 1. The van der Waals surface area contributed by atoms with Crippen LogP contribution < -0.4 is 0 Å². The number of benzene rings is 1. The molecule has 0 spiro atoms. The predicted molar refractivity (Wildman–Crippen MR) is 92.3 cm³/mol. The summed E-state index contributed by atoms with van der Waals surface area (Å²) in [5, 5.41) is 9.39. The van der Waals surface area contributed by atoms with E-state index in [4.69, 9.17) is 0 Å². The largest absolute Gasteiger partial charge is 0.480 e. The molecule has 132 valence electrons. The Bertz CT molecular complexity index is 728.